The fraction of sp³-hybridized carbons (Fsp3) is 0.231. The van der Waals surface area contributed by atoms with Crippen LogP contribution >= 0.6 is 15.9 Å². The van der Waals surface area contributed by atoms with Crippen LogP contribution in [0.5, 0.6) is 11.8 Å². The molecule has 0 aliphatic carbocycles. The van der Waals surface area contributed by atoms with Crippen molar-refractivity contribution in [2.24, 2.45) is 0 Å². The molecule has 0 atom stereocenters. The highest BCUT2D eigenvalue weighted by molar-refractivity contribution is 9.10. The van der Waals surface area contributed by atoms with Gasteiger partial charge in [0.15, 0.2) is 0 Å². The molecule has 0 N–H and O–H groups in total. The van der Waals surface area contributed by atoms with Gasteiger partial charge in [-0.15, -0.1) is 0 Å². The highest BCUT2D eigenvalue weighted by atomic mass is 79.9. The fourth-order valence-electron chi connectivity index (χ4n) is 1.40. The van der Waals surface area contributed by atoms with Gasteiger partial charge in [0.05, 0.1) is 11.1 Å². The molecular weight excluding hydrogens is 296 g/mol. The first-order valence-electron chi connectivity index (χ1n) is 5.51. The van der Waals surface area contributed by atoms with Crippen molar-refractivity contribution < 1.29 is 9.47 Å². The van der Waals surface area contributed by atoms with E-state index in [1.165, 1.54) is 5.56 Å². The smallest absolute Gasteiger partial charge is 0.321 e. The number of halogens is 1. The summed E-state index contributed by atoms with van der Waals surface area (Å²) in [5.74, 6) is 0.721. The van der Waals surface area contributed by atoms with Crippen LogP contribution in [0.2, 0.25) is 0 Å². The minimum Gasteiger partial charge on any atom is -0.424 e. The Morgan fingerprint density at radius 3 is 2.39 bits per heavy atom. The number of nitrogens with zero attached hydrogens (tertiary/aromatic N) is 2. The summed E-state index contributed by atoms with van der Waals surface area (Å²) in [6, 6.07) is 8.15. The number of methoxy groups -OCH3 is 1. The molecule has 5 heteroatoms. The maximum Gasteiger partial charge on any atom is 0.321 e. The predicted molar refractivity (Wildman–Crippen MR) is 71.8 cm³/mol. The van der Waals surface area contributed by atoms with E-state index in [2.05, 4.69) is 25.9 Å². The molecule has 0 aliphatic rings. The molecular formula is C13H13BrN2O2. The minimum atomic E-state index is 0.336. The van der Waals surface area contributed by atoms with Crippen LogP contribution < -0.4 is 4.74 Å². The Kier molecular flexibility index (Phi) is 4.66. The summed E-state index contributed by atoms with van der Waals surface area (Å²) in [5, 5.41) is 0. The third-order valence-electron chi connectivity index (χ3n) is 2.32. The van der Waals surface area contributed by atoms with E-state index in [-0.39, 0.29) is 0 Å². The highest BCUT2D eigenvalue weighted by Crippen LogP contribution is 2.19. The van der Waals surface area contributed by atoms with Gasteiger partial charge < -0.3 is 9.47 Å². The second kappa shape index (κ2) is 6.47. The van der Waals surface area contributed by atoms with E-state index in [1.807, 2.05) is 24.3 Å². The summed E-state index contributed by atoms with van der Waals surface area (Å²) in [7, 11) is 1.70. The largest absolute Gasteiger partial charge is 0.424 e. The first-order chi connectivity index (χ1) is 8.78. The Bertz CT molecular complexity index is 485. The predicted octanol–water partition coefficient (Wildman–Crippen LogP) is 3.22. The zero-order valence-corrected chi connectivity index (χ0v) is 11.6. The third-order valence-corrected chi connectivity index (χ3v) is 2.73. The lowest BCUT2D eigenvalue weighted by Gasteiger charge is -2.05. The van der Waals surface area contributed by atoms with Crippen molar-refractivity contribution in [3.63, 3.8) is 0 Å². The summed E-state index contributed by atoms with van der Waals surface area (Å²) in [6.07, 6.45) is 4.19. The van der Waals surface area contributed by atoms with E-state index in [0.717, 1.165) is 23.2 Å². The normalized spacial score (nSPS) is 10.3. The number of ether oxygens (including phenoxy) is 2. The standard InChI is InChI=1S/C13H13BrN2O2/c1-17-7-6-10-2-4-12(5-3-10)18-13-15-8-11(14)9-16-13/h2-5,8-9H,6-7H2,1H3. The molecule has 0 fully saturated rings. The van der Waals surface area contributed by atoms with Crippen molar-refractivity contribution in [1.29, 1.82) is 0 Å². The number of hydrogen-bond acceptors (Lipinski definition) is 4. The summed E-state index contributed by atoms with van der Waals surface area (Å²) in [6.45, 7) is 0.718. The SMILES string of the molecule is COCCc1ccc(Oc2ncc(Br)cn2)cc1. The molecule has 1 aromatic heterocycles. The van der Waals surface area contributed by atoms with Crippen molar-refractivity contribution in [3.8, 4) is 11.8 Å². The Balaban J connectivity index is 1.99. The average Bonchev–Trinajstić information content (AvgIpc) is 2.41. The number of benzene rings is 1. The Hall–Kier alpha value is -1.46. The molecule has 1 heterocycles. The zero-order chi connectivity index (χ0) is 12.8. The molecule has 0 saturated heterocycles. The van der Waals surface area contributed by atoms with Crippen LogP contribution in [0.15, 0.2) is 41.1 Å². The Morgan fingerprint density at radius 1 is 1.11 bits per heavy atom. The number of rotatable bonds is 5. The second-order valence-electron chi connectivity index (χ2n) is 3.67. The first kappa shape index (κ1) is 13.0. The van der Waals surface area contributed by atoms with Gasteiger partial charge in [-0.25, -0.2) is 9.97 Å². The van der Waals surface area contributed by atoms with Crippen LogP contribution in [0.3, 0.4) is 0 Å². The summed E-state index contributed by atoms with van der Waals surface area (Å²) >= 11 is 3.27. The van der Waals surface area contributed by atoms with Gasteiger partial charge in [-0.05, 0) is 40.0 Å². The zero-order valence-electron chi connectivity index (χ0n) is 9.97. The fourth-order valence-corrected chi connectivity index (χ4v) is 1.61. The lowest BCUT2D eigenvalue weighted by molar-refractivity contribution is 0.202. The van der Waals surface area contributed by atoms with Crippen LogP contribution in [-0.2, 0) is 11.2 Å². The van der Waals surface area contributed by atoms with Gasteiger partial charge in [0.25, 0.3) is 0 Å². The van der Waals surface area contributed by atoms with E-state index in [9.17, 15) is 0 Å². The third kappa shape index (κ3) is 3.78. The topological polar surface area (TPSA) is 44.2 Å². The van der Waals surface area contributed by atoms with E-state index >= 15 is 0 Å². The molecule has 2 rings (SSSR count). The van der Waals surface area contributed by atoms with Gasteiger partial charge in [0.2, 0.25) is 0 Å². The van der Waals surface area contributed by atoms with Crippen LogP contribution in [0.1, 0.15) is 5.56 Å². The average molecular weight is 309 g/mol. The molecule has 0 spiro atoms. The van der Waals surface area contributed by atoms with Crippen LogP contribution in [-0.4, -0.2) is 23.7 Å². The molecule has 0 amide bonds. The molecule has 94 valence electrons. The lowest BCUT2D eigenvalue weighted by Crippen LogP contribution is -1.95. The van der Waals surface area contributed by atoms with Gasteiger partial charge in [0.1, 0.15) is 5.75 Å². The second-order valence-corrected chi connectivity index (χ2v) is 4.59. The Labute approximate surface area is 114 Å². The number of aromatic nitrogens is 2. The van der Waals surface area contributed by atoms with Crippen molar-refractivity contribution in [2.45, 2.75) is 6.42 Å². The van der Waals surface area contributed by atoms with Gasteiger partial charge in [-0.3, -0.25) is 0 Å². The number of hydrogen-bond donors (Lipinski definition) is 0. The minimum absolute atomic E-state index is 0.336. The maximum absolute atomic E-state index is 5.52. The molecule has 2 aromatic rings. The quantitative estimate of drug-likeness (QED) is 0.850. The van der Waals surface area contributed by atoms with Crippen molar-refractivity contribution in [3.05, 3.63) is 46.7 Å². The van der Waals surface area contributed by atoms with Crippen molar-refractivity contribution >= 4 is 15.9 Å². The summed E-state index contributed by atoms with van der Waals surface area (Å²) in [5.41, 5.74) is 1.21. The molecule has 0 aliphatic heterocycles. The van der Waals surface area contributed by atoms with E-state index in [1.54, 1.807) is 19.5 Å². The van der Waals surface area contributed by atoms with Crippen LogP contribution in [0, 0.1) is 0 Å². The Morgan fingerprint density at radius 2 is 1.78 bits per heavy atom. The molecule has 0 saturated carbocycles. The van der Waals surface area contributed by atoms with E-state index < -0.39 is 0 Å². The van der Waals surface area contributed by atoms with Crippen molar-refractivity contribution in [2.75, 3.05) is 13.7 Å². The highest BCUT2D eigenvalue weighted by Gasteiger charge is 2.00. The molecule has 4 nitrogen and oxygen atoms in total. The van der Waals surface area contributed by atoms with Gasteiger partial charge in [-0.1, -0.05) is 12.1 Å². The van der Waals surface area contributed by atoms with Gasteiger partial charge in [-0.2, -0.15) is 0 Å². The van der Waals surface area contributed by atoms with Crippen LogP contribution in [0.4, 0.5) is 0 Å². The van der Waals surface area contributed by atoms with E-state index in [4.69, 9.17) is 9.47 Å². The van der Waals surface area contributed by atoms with Crippen molar-refractivity contribution in [1.82, 2.24) is 9.97 Å². The summed E-state index contributed by atoms with van der Waals surface area (Å²) in [4.78, 5) is 8.09. The molecule has 0 unspecified atom stereocenters. The molecule has 1 aromatic carbocycles. The molecule has 0 bridgehead atoms. The van der Waals surface area contributed by atoms with Gasteiger partial charge >= 0.3 is 6.01 Å². The molecule has 18 heavy (non-hydrogen) atoms. The van der Waals surface area contributed by atoms with Crippen LogP contribution in [0.25, 0.3) is 0 Å². The molecule has 0 radical (unpaired) electrons. The maximum atomic E-state index is 5.52. The summed E-state index contributed by atoms with van der Waals surface area (Å²) < 4.78 is 11.4. The van der Waals surface area contributed by atoms with E-state index in [0.29, 0.717) is 6.01 Å². The first-order valence-corrected chi connectivity index (χ1v) is 6.30. The monoisotopic (exact) mass is 308 g/mol. The van der Waals surface area contributed by atoms with Gasteiger partial charge in [0, 0.05) is 19.5 Å². The lowest BCUT2D eigenvalue weighted by atomic mass is 10.1.